The smallest absolute Gasteiger partial charge is 0.322 e. The van der Waals surface area contributed by atoms with Crippen LogP contribution in [0.1, 0.15) is 12.0 Å². The lowest BCUT2D eigenvalue weighted by molar-refractivity contribution is -0.384. The Balaban J connectivity index is 2.17. The lowest BCUT2D eigenvalue weighted by Crippen LogP contribution is -2.35. The molecule has 0 aromatic heterocycles. The minimum Gasteiger partial charge on any atom is -0.396 e. The van der Waals surface area contributed by atoms with Crippen LogP contribution in [0.5, 0.6) is 0 Å². The maximum atomic E-state index is 12.6. The topological polar surface area (TPSA) is 95.7 Å². The van der Waals surface area contributed by atoms with Gasteiger partial charge in [0.05, 0.1) is 15.0 Å². The Hall–Kier alpha value is -2.06. The van der Waals surface area contributed by atoms with Gasteiger partial charge in [-0.05, 0) is 36.2 Å². The highest BCUT2D eigenvalue weighted by molar-refractivity contribution is 6.42. The number of nitro benzene ring substituents is 1. The standard InChI is InChI=1S/C17H16Cl3N3O4/c18-13-4-2-11(8-15(13)20)10-22(6-1-7-24)17(25)21-12-3-5-14(19)16(9-12)23(26)27/h2-5,8-9,24H,1,6-7,10H2,(H,21,25). The van der Waals surface area contributed by atoms with Crippen molar-refractivity contribution in [3.8, 4) is 0 Å². The molecule has 10 heteroatoms. The Morgan fingerprint density at radius 3 is 2.44 bits per heavy atom. The van der Waals surface area contributed by atoms with E-state index in [9.17, 15) is 14.9 Å². The molecule has 0 radical (unpaired) electrons. The first-order chi connectivity index (χ1) is 12.8. The summed E-state index contributed by atoms with van der Waals surface area (Å²) in [6, 6.07) is 8.53. The first-order valence-corrected chi connectivity index (χ1v) is 9.00. The van der Waals surface area contributed by atoms with E-state index in [0.29, 0.717) is 16.5 Å². The molecule has 0 aliphatic heterocycles. The van der Waals surface area contributed by atoms with Gasteiger partial charge in [0.15, 0.2) is 0 Å². The highest BCUT2D eigenvalue weighted by Crippen LogP contribution is 2.28. The molecule has 0 bridgehead atoms. The monoisotopic (exact) mass is 431 g/mol. The molecule has 7 nitrogen and oxygen atoms in total. The van der Waals surface area contributed by atoms with Gasteiger partial charge in [0.2, 0.25) is 0 Å². The summed E-state index contributed by atoms with van der Waals surface area (Å²) in [6.07, 6.45) is 0.371. The van der Waals surface area contributed by atoms with Crippen molar-refractivity contribution in [1.82, 2.24) is 4.90 Å². The van der Waals surface area contributed by atoms with Crippen LogP contribution < -0.4 is 5.32 Å². The van der Waals surface area contributed by atoms with Crippen molar-refractivity contribution in [2.45, 2.75) is 13.0 Å². The average Bonchev–Trinajstić information content (AvgIpc) is 2.62. The molecule has 27 heavy (non-hydrogen) atoms. The molecule has 2 aromatic rings. The van der Waals surface area contributed by atoms with Gasteiger partial charge in [-0.25, -0.2) is 4.79 Å². The predicted molar refractivity (Wildman–Crippen MR) is 106 cm³/mol. The van der Waals surface area contributed by atoms with Crippen LogP contribution in [0.3, 0.4) is 0 Å². The fourth-order valence-corrected chi connectivity index (χ4v) is 2.81. The molecule has 0 heterocycles. The van der Waals surface area contributed by atoms with Crippen molar-refractivity contribution in [1.29, 1.82) is 0 Å². The van der Waals surface area contributed by atoms with Gasteiger partial charge in [-0.3, -0.25) is 10.1 Å². The Labute approximate surface area is 170 Å². The highest BCUT2D eigenvalue weighted by atomic mass is 35.5. The first kappa shape index (κ1) is 21.2. The molecule has 0 aliphatic rings. The molecule has 2 amide bonds. The van der Waals surface area contributed by atoms with Crippen LogP contribution in [-0.4, -0.2) is 34.1 Å². The van der Waals surface area contributed by atoms with E-state index in [1.165, 1.54) is 23.1 Å². The van der Waals surface area contributed by atoms with Crippen LogP contribution in [0.2, 0.25) is 15.1 Å². The third kappa shape index (κ3) is 5.97. The number of carbonyl (C=O) groups excluding carboxylic acids is 1. The Morgan fingerprint density at radius 2 is 1.81 bits per heavy atom. The van der Waals surface area contributed by atoms with Crippen molar-refractivity contribution in [3.05, 3.63) is 67.1 Å². The van der Waals surface area contributed by atoms with Gasteiger partial charge in [0.25, 0.3) is 5.69 Å². The molecule has 0 saturated carbocycles. The maximum Gasteiger partial charge on any atom is 0.322 e. The number of nitrogens with one attached hydrogen (secondary N) is 1. The second-order valence-corrected chi connectivity index (χ2v) is 6.82. The summed E-state index contributed by atoms with van der Waals surface area (Å²) in [5.41, 5.74) is 0.680. The number of hydrogen-bond donors (Lipinski definition) is 2. The van der Waals surface area contributed by atoms with Gasteiger partial charge >= 0.3 is 6.03 Å². The van der Waals surface area contributed by atoms with Gasteiger partial charge in [0, 0.05) is 31.5 Å². The molecule has 0 saturated heterocycles. The van der Waals surface area contributed by atoms with Crippen molar-refractivity contribution in [2.75, 3.05) is 18.5 Å². The van der Waals surface area contributed by atoms with Crippen LogP contribution in [0, 0.1) is 10.1 Å². The minimum atomic E-state index is -0.628. The number of rotatable bonds is 7. The number of nitrogens with zero attached hydrogens (tertiary/aromatic N) is 2. The van der Waals surface area contributed by atoms with Crippen molar-refractivity contribution in [2.24, 2.45) is 0 Å². The third-order valence-corrected chi connectivity index (χ3v) is 4.68. The second kappa shape index (κ2) is 9.75. The number of urea groups is 1. The zero-order valence-electron chi connectivity index (χ0n) is 14.0. The summed E-state index contributed by atoms with van der Waals surface area (Å²) in [5.74, 6) is 0. The van der Waals surface area contributed by atoms with E-state index in [-0.39, 0.29) is 36.1 Å². The quantitative estimate of drug-likeness (QED) is 0.477. The van der Waals surface area contributed by atoms with E-state index in [1.807, 2.05) is 0 Å². The van der Waals surface area contributed by atoms with Crippen LogP contribution in [0.25, 0.3) is 0 Å². The normalized spacial score (nSPS) is 10.5. The number of anilines is 1. The summed E-state index contributed by atoms with van der Waals surface area (Å²) < 4.78 is 0. The fraction of sp³-hybridized carbons (Fsp3) is 0.235. The number of nitro groups is 1. The summed E-state index contributed by atoms with van der Waals surface area (Å²) in [5, 5.41) is 23.4. The van der Waals surface area contributed by atoms with Crippen LogP contribution in [0.4, 0.5) is 16.2 Å². The molecule has 0 unspecified atom stereocenters. The van der Waals surface area contributed by atoms with E-state index in [4.69, 9.17) is 39.9 Å². The summed E-state index contributed by atoms with van der Waals surface area (Å²) in [4.78, 5) is 24.4. The Kier molecular flexibility index (Phi) is 7.67. The minimum absolute atomic E-state index is 0.0223. The van der Waals surface area contributed by atoms with E-state index >= 15 is 0 Å². The second-order valence-electron chi connectivity index (χ2n) is 5.60. The van der Waals surface area contributed by atoms with E-state index in [2.05, 4.69) is 5.32 Å². The number of halogens is 3. The maximum absolute atomic E-state index is 12.6. The number of hydrogen-bond acceptors (Lipinski definition) is 4. The molecular weight excluding hydrogens is 417 g/mol. The van der Waals surface area contributed by atoms with Crippen molar-refractivity contribution < 1.29 is 14.8 Å². The van der Waals surface area contributed by atoms with Crippen LogP contribution in [-0.2, 0) is 6.54 Å². The molecule has 2 N–H and O–H groups in total. The molecule has 2 rings (SSSR count). The van der Waals surface area contributed by atoms with Crippen molar-refractivity contribution >= 4 is 52.2 Å². The molecule has 0 fully saturated rings. The van der Waals surface area contributed by atoms with E-state index in [1.54, 1.807) is 18.2 Å². The largest absolute Gasteiger partial charge is 0.396 e. The van der Waals surface area contributed by atoms with Gasteiger partial charge in [-0.1, -0.05) is 40.9 Å². The Morgan fingerprint density at radius 1 is 1.11 bits per heavy atom. The first-order valence-electron chi connectivity index (χ1n) is 7.86. The number of amides is 2. The van der Waals surface area contributed by atoms with Gasteiger partial charge in [-0.15, -0.1) is 0 Å². The van der Waals surface area contributed by atoms with Crippen molar-refractivity contribution in [3.63, 3.8) is 0 Å². The number of aliphatic hydroxyl groups excluding tert-OH is 1. The Bertz CT molecular complexity index is 848. The average molecular weight is 433 g/mol. The lowest BCUT2D eigenvalue weighted by Gasteiger charge is -2.23. The zero-order chi connectivity index (χ0) is 20.0. The summed E-state index contributed by atoms with van der Waals surface area (Å²) in [7, 11) is 0. The van der Waals surface area contributed by atoms with E-state index < -0.39 is 11.0 Å². The SMILES string of the molecule is O=C(Nc1ccc(Cl)c([N+](=O)[O-])c1)N(CCCO)Cc1ccc(Cl)c(Cl)c1. The summed E-state index contributed by atoms with van der Waals surface area (Å²) >= 11 is 17.7. The van der Waals surface area contributed by atoms with Crippen LogP contribution >= 0.6 is 34.8 Å². The molecule has 0 atom stereocenters. The van der Waals surface area contributed by atoms with Crippen LogP contribution in [0.15, 0.2) is 36.4 Å². The van der Waals surface area contributed by atoms with Gasteiger partial charge in [0.1, 0.15) is 5.02 Å². The third-order valence-electron chi connectivity index (χ3n) is 3.62. The zero-order valence-corrected chi connectivity index (χ0v) is 16.3. The molecule has 2 aromatic carbocycles. The molecule has 144 valence electrons. The summed E-state index contributed by atoms with van der Waals surface area (Å²) in [6.45, 7) is 0.411. The van der Waals surface area contributed by atoms with E-state index in [0.717, 1.165) is 5.56 Å². The molecular formula is C17H16Cl3N3O4. The fourth-order valence-electron chi connectivity index (χ4n) is 2.31. The number of aliphatic hydroxyl groups is 1. The highest BCUT2D eigenvalue weighted by Gasteiger charge is 2.18. The lowest BCUT2D eigenvalue weighted by atomic mass is 10.2. The number of carbonyl (C=O) groups is 1. The van der Waals surface area contributed by atoms with Gasteiger partial charge < -0.3 is 15.3 Å². The predicted octanol–water partition coefficient (Wildman–Crippen LogP) is 4.97. The number of benzene rings is 2. The van der Waals surface area contributed by atoms with Gasteiger partial charge in [-0.2, -0.15) is 0 Å². The molecule has 0 aliphatic carbocycles. The molecule has 0 spiro atoms.